The average Bonchev–Trinajstić information content (AvgIpc) is 3.39. The van der Waals surface area contributed by atoms with Gasteiger partial charge in [0.2, 0.25) is 11.8 Å². The fourth-order valence-corrected chi connectivity index (χ4v) is 4.14. The summed E-state index contributed by atoms with van der Waals surface area (Å²) in [5.41, 5.74) is 0. The number of piperazine rings is 1. The molecule has 5 nitrogen and oxygen atoms in total. The monoisotopic (exact) mass is 402 g/mol. The second-order valence-corrected chi connectivity index (χ2v) is 8.27. The molecule has 0 atom stereocenters. The molecule has 0 saturated carbocycles. The summed E-state index contributed by atoms with van der Waals surface area (Å²) in [4.78, 5) is 29.6. The second kappa shape index (κ2) is 10.2. The molecule has 2 aromatic rings. The summed E-state index contributed by atoms with van der Waals surface area (Å²) >= 11 is 3.23. The Hall–Kier alpha value is -2.22. The van der Waals surface area contributed by atoms with Crippen LogP contribution in [0.1, 0.15) is 9.75 Å². The highest BCUT2D eigenvalue weighted by atomic mass is 32.1. The minimum Gasteiger partial charge on any atom is -0.347 e. The van der Waals surface area contributed by atoms with Gasteiger partial charge in [-0.3, -0.25) is 9.59 Å². The Morgan fingerprint density at radius 2 is 1.67 bits per heavy atom. The molecule has 1 aliphatic rings. The highest BCUT2D eigenvalue weighted by molar-refractivity contribution is 7.11. The molecule has 0 spiro atoms. The first-order valence-electron chi connectivity index (χ1n) is 9.04. The van der Waals surface area contributed by atoms with Gasteiger partial charge in [-0.1, -0.05) is 12.1 Å². The van der Waals surface area contributed by atoms with Crippen LogP contribution in [0.25, 0.3) is 12.2 Å². The predicted molar refractivity (Wildman–Crippen MR) is 112 cm³/mol. The standard InChI is InChI=1S/C20H23N3O2S2/c24-19(7-5-17-3-1-15-26-17)21-9-10-22-11-13-23(14-12-22)20(25)8-6-18-4-2-16-27-18/h1-8,15-16H,9-14H2,(H,21,24)/p+1/b7-5+,8-6+. The number of quaternary nitrogens is 1. The van der Waals surface area contributed by atoms with Crippen LogP contribution < -0.4 is 10.2 Å². The minimum absolute atomic E-state index is 0.0599. The summed E-state index contributed by atoms with van der Waals surface area (Å²) in [7, 11) is 0. The van der Waals surface area contributed by atoms with E-state index < -0.39 is 0 Å². The Kier molecular flexibility index (Phi) is 7.38. The summed E-state index contributed by atoms with van der Waals surface area (Å²) < 4.78 is 0. The van der Waals surface area contributed by atoms with Crippen molar-refractivity contribution < 1.29 is 14.5 Å². The van der Waals surface area contributed by atoms with E-state index in [9.17, 15) is 9.59 Å². The van der Waals surface area contributed by atoms with Crippen LogP contribution in [0.2, 0.25) is 0 Å². The fraction of sp³-hybridized carbons (Fsp3) is 0.300. The van der Waals surface area contributed by atoms with E-state index in [2.05, 4.69) is 5.32 Å². The number of carbonyl (C=O) groups is 2. The van der Waals surface area contributed by atoms with E-state index in [0.29, 0.717) is 6.54 Å². The summed E-state index contributed by atoms with van der Waals surface area (Å²) in [5.74, 6) is 0.0183. The van der Waals surface area contributed by atoms with Crippen molar-refractivity contribution >= 4 is 46.6 Å². The summed E-state index contributed by atoms with van der Waals surface area (Å²) in [6.07, 6.45) is 6.96. The maximum Gasteiger partial charge on any atom is 0.247 e. The molecule has 27 heavy (non-hydrogen) atoms. The first kappa shape index (κ1) is 19.5. The zero-order chi connectivity index (χ0) is 18.9. The van der Waals surface area contributed by atoms with Crippen LogP contribution in [0, 0.1) is 0 Å². The molecule has 0 aliphatic carbocycles. The zero-order valence-electron chi connectivity index (χ0n) is 15.1. The number of hydrogen-bond donors (Lipinski definition) is 2. The molecule has 2 amide bonds. The third-order valence-electron chi connectivity index (χ3n) is 4.44. The van der Waals surface area contributed by atoms with Crippen LogP contribution in [0.5, 0.6) is 0 Å². The quantitative estimate of drug-likeness (QED) is 0.688. The van der Waals surface area contributed by atoms with Gasteiger partial charge < -0.3 is 15.1 Å². The first-order valence-corrected chi connectivity index (χ1v) is 10.8. The van der Waals surface area contributed by atoms with Gasteiger partial charge in [0.05, 0.1) is 39.3 Å². The third kappa shape index (κ3) is 6.46. The van der Waals surface area contributed by atoms with Crippen LogP contribution in [0.15, 0.2) is 47.2 Å². The van der Waals surface area contributed by atoms with E-state index >= 15 is 0 Å². The Bertz CT molecular complexity index is 772. The molecule has 1 saturated heterocycles. The molecule has 3 heterocycles. The normalized spacial score (nSPS) is 15.6. The third-order valence-corrected chi connectivity index (χ3v) is 6.11. The van der Waals surface area contributed by atoms with Crippen molar-refractivity contribution in [3.8, 4) is 0 Å². The first-order chi connectivity index (χ1) is 13.2. The Morgan fingerprint density at radius 1 is 1.04 bits per heavy atom. The SMILES string of the molecule is O=C(/C=C/c1cccs1)NCC[NH+]1CCN(C(=O)/C=C/c2cccs2)CC1. The van der Waals surface area contributed by atoms with Crippen molar-refractivity contribution in [2.24, 2.45) is 0 Å². The van der Waals surface area contributed by atoms with E-state index in [1.54, 1.807) is 34.8 Å². The smallest absolute Gasteiger partial charge is 0.247 e. The molecule has 2 aromatic heterocycles. The number of hydrogen-bond acceptors (Lipinski definition) is 4. The van der Waals surface area contributed by atoms with E-state index in [-0.39, 0.29) is 11.8 Å². The summed E-state index contributed by atoms with van der Waals surface area (Å²) in [6.45, 7) is 4.88. The van der Waals surface area contributed by atoms with Crippen molar-refractivity contribution in [3.05, 3.63) is 56.9 Å². The Balaban J connectivity index is 1.32. The van der Waals surface area contributed by atoms with Gasteiger partial charge in [0.1, 0.15) is 0 Å². The molecular weight excluding hydrogens is 378 g/mol. The average molecular weight is 403 g/mol. The van der Waals surface area contributed by atoms with Gasteiger partial charge in [0.25, 0.3) is 0 Å². The number of nitrogens with one attached hydrogen (secondary N) is 2. The fourth-order valence-electron chi connectivity index (χ4n) is 2.90. The van der Waals surface area contributed by atoms with Crippen molar-refractivity contribution in [1.29, 1.82) is 0 Å². The maximum absolute atomic E-state index is 12.2. The number of thiophene rings is 2. The summed E-state index contributed by atoms with van der Waals surface area (Å²) in [5, 5.41) is 6.92. The molecule has 3 rings (SSSR count). The van der Waals surface area contributed by atoms with E-state index in [0.717, 1.165) is 42.5 Å². The number of rotatable bonds is 7. The lowest BCUT2D eigenvalue weighted by molar-refractivity contribution is -0.902. The second-order valence-electron chi connectivity index (χ2n) is 6.31. The number of carbonyl (C=O) groups excluding carboxylic acids is 2. The van der Waals surface area contributed by atoms with Crippen LogP contribution in [0.4, 0.5) is 0 Å². The van der Waals surface area contributed by atoms with Gasteiger partial charge in [-0.15, -0.1) is 22.7 Å². The highest BCUT2D eigenvalue weighted by Crippen LogP contribution is 2.11. The maximum atomic E-state index is 12.2. The van der Waals surface area contributed by atoms with Gasteiger partial charge in [-0.05, 0) is 35.0 Å². The van der Waals surface area contributed by atoms with Crippen LogP contribution >= 0.6 is 22.7 Å². The Morgan fingerprint density at radius 3 is 2.26 bits per heavy atom. The largest absolute Gasteiger partial charge is 0.347 e. The molecule has 1 fully saturated rings. The van der Waals surface area contributed by atoms with Gasteiger partial charge in [-0.2, -0.15) is 0 Å². The number of nitrogens with zero attached hydrogens (tertiary/aromatic N) is 1. The molecule has 7 heteroatoms. The molecule has 0 unspecified atom stereocenters. The van der Waals surface area contributed by atoms with Gasteiger partial charge in [0.15, 0.2) is 0 Å². The van der Waals surface area contributed by atoms with E-state index in [4.69, 9.17) is 0 Å². The van der Waals surface area contributed by atoms with Gasteiger partial charge in [0, 0.05) is 21.9 Å². The van der Waals surface area contributed by atoms with Crippen molar-refractivity contribution in [2.45, 2.75) is 0 Å². The topological polar surface area (TPSA) is 53.9 Å². The molecule has 0 aromatic carbocycles. The Labute approximate surface area is 167 Å². The number of amides is 2. The van der Waals surface area contributed by atoms with Gasteiger partial charge >= 0.3 is 0 Å². The van der Waals surface area contributed by atoms with E-state index in [1.807, 2.05) is 52.1 Å². The van der Waals surface area contributed by atoms with Crippen molar-refractivity contribution in [2.75, 3.05) is 39.3 Å². The molecule has 1 aliphatic heterocycles. The van der Waals surface area contributed by atoms with Crippen LogP contribution in [0.3, 0.4) is 0 Å². The molecular formula is C20H24N3O2S2+. The summed E-state index contributed by atoms with van der Waals surface area (Å²) in [6, 6.07) is 7.93. The van der Waals surface area contributed by atoms with Crippen molar-refractivity contribution in [3.63, 3.8) is 0 Å². The predicted octanol–water partition coefficient (Wildman–Crippen LogP) is 1.38. The minimum atomic E-state index is -0.0599. The lowest BCUT2D eigenvalue weighted by atomic mass is 10.3. The lowest BCUT2D eigenvalue weighted by Gasteiger charge is -2.31. The van der Waals surface area contributed by atoms with Crippen molar-refractivity contribution in [1.82, 2.24) is 10.2 Å². The molecule has 0 bridgehead atoms. The van der Waals surface area contributed by atoms with E-state index in [1.165, 1.54) is 4.90 Å². The van der Waals surface area contributed by atoms with Crippen LogP contribution in [-0.4, -0.2) is 56.0 Å². The van der Waals surface area contributed by atoms with Gasteiger partial charge in [-0.25, -0.2) is 0 Å². The van der Waals surface area contributed by atoms with Crippen LogP contribution in [-0.2, 0) is 9.59 Å². The molecule has 2 N–H and O–H groups in total. The highest BCUT2D eigenvalue weighted by Gasteiger charge is 2.21. The molecule has 142 valence electrons. The zero-order valence-corrected chi connectivity index (χ0v) is 16.7. The lowest BCUT2D eigenvalue weighted by Crippen LogP contribution is -3.15. The molecule has 0 radical (unpaired) electrons.